The van der Waals surface area contributed by atoms with Gasteiger partial charge in [0, 0.05) is 5.56 Å². The Labute approximate surface area is 128 Å². The van der Waals surface area contributed by atoms with Crippen molar-refractivity contribution in [2.24, 2.45) is 16.5 Å². The molecular formula is C15H13ClN4O. The van der Waals surface area contributed by atoms with E-state index >= 15 is 0 Å². The van der Waals surface area contributed by atoms with Crippen molar-refractivity contribution >= 4 is 24.3 Å². The number of rotatable bonds is 2. The molecule has 0 atom stereocenters. The lowest BCUT2D eigenvalue weighted by molar-refractivity contribution is 0.100. The van der Waals surface area contributed by atoms with Crippen molar-refractivity contribution in [3.63, 3.8) is 0 Å². The summed E-state index contributed by atoms with van der Waals surface area (Å²) in [7, 11) is 0. The second-order valence-electron chi connectivity index (χ2n) is 4.08. The summed E-state index contributed by atoms with van der Waals surface area (Å²) >= 11 is 0. The molecule has 21 heavy (non-hydrogen) atoms. The molecule has 6 heteroatoms. The van der Waals surface area contributed by atoms with Crippen LogP contribution >= 0.6 is 12.4 Å². The van der Waals surface area contributed by atoms with Gasteiger partial charge in [-0.1, -0.05) is 30.3 Å². The number of nitrogens with two attached hydrogens (primary N) is 2. The molecule has 0 radical (unpaired) electrons. The molecule has 0 saturated heterocycles. The van der Waals surface area contributed by atoms with Gasteiger partial charge in [0.15, 0.2) is 5.96 Å². The molecule has 2 aromatic carbocycles. The lowest BCUT2D eigenvalue weighted by Crippen LogP contribution is -2.24. The molecule has 1 amide bonds. The van der Waals surface area contributed by atoms with Crippen LogP contribution in [0.3, 0.4) is 0 Å². The Bertz CT molecular complexity index is 730. The van der Waals surface area contributed by atoms with Crippen molar-refractivity contribution in [1.82, 2.24) is 0 Å². The first-order chi connectivity index (χ1) is 9.61. The molecule has 0 fully saturated rings. The minimum absolute atomic E-state index is 0. The molecule has 0 aromatic heterocycles. The molecule has 0 aliphatic carbocycles. The topological polar surface area (TPSA) is 105 Å². The van der Waals surface area contributed by atoms with Gasteiger partial charge < -0.3 is 11.5 Å². The number of guanidine groups is 1. The van der Waals surface area contributed by atoms with Gasteiger partial charge in [-0.05, 0) is 29.3 Å². The number of carbonyl (C=O) groups excluding carboxylic acids is 1. The van der Waals surface area contributed by atoms with Crippen LogP contribution in [0.15, 0.2) is 53.5 Å². The normalized spacial score (nSPS) is 9.10. The number of carbonyl (C=O) groups is 1. The van der Waals surface area contributed by atoms with E-state index in [4.69, 9.17) is 16.7 Å². The predicted molar refractivity (Wildman–Crippen MR) is 84.0 cm³/mol. The summed E-state index contributed by atoms with van der Waals surface area (Å²) in [6.45, 7) is 0. The van der Waals surface area contributed by atoms with Crippen molar-refractivity contribution in [3.8, 4) is 17.2 Å². The van der Waals surface area contributed by atoms with E-state index in [1.54, 1.807) is 30.3 Å². The molecule has 0 unspecified atom stereocenters. The van der Waals surface area contributed by atoms with Crippen LogP contribution in [-0.4, -0.2) is 11.9 Å². The standard InChI is InChI=1S/C15H12N4O.ClH/c16-9-12-4-1-2-7-13(12)10-5-3-6-11(8-10)14(20)19-15(17)18;/h1-8H,(H4,17,18,19,20);1H. The maximum Gasteiger partial charge on any atom is 0.280 e. The molecular weight excluding hydrogens is 288 g/mol. The van der Waals surface area contributed by atoms with Gasteiger partial charge in [0.1, 0.15) is 0 Å². The fourth-order valence-corrected chi connectivity index (χ4v) is 1.83. The Morgan fingerprint density at radius 3 is 2.48 bits per heavy atom. The van der Waals surface area contributed by atoms with E-state index < -0.39 is 5.91 Å². The van der Waals surface area contributed by atoms with Crippen molar-refractivity contribution in [2.45, 2.75) is 0 Å². The van der Waals surface area contributed by atoms with E-state index in [0.717, 1.165) is 11.1 Å². The molecule has 0 bridgehead atoms. The summed E-state index contributed by atoms with van der Waals surface area (Å²) in [5.74, 6) is -0.792. The molecule has 4 N–H and O–H groups in total. The Hall–Kier alpha value is -2.84. The van der Waals surface area contributed by atoms with Gasteiger partial charge in [-0.3, -0.25) is 4.79 Å². The number of aliphatic imine (C=N–C) groups is 1. The third kappa shape index (κ3) is 3.81. The van der Waals surface area contributed by atoms with Crippen molar-refractivity contribution < 1.29 is 4.79 Å². The van der Waals surface area contributed by atoms with Crippen LogP contribution in [0.1, 0.15) is 15.9 Å². The molecule has 106 valence electrons. The monoisotopic (exact) mass is 300 g/mol. The van der Waals surface area contributed by atoms with Crippen LogP contribution in [0.5, 0.6) is 0 Å². The molecule has 2 rings (SSSR count). The number of halogens is 1. The molecule has 2 aromatic rings. The van der Waals surface area contributed by atoms with Gasteiger partial charge in [0.2, 0.25) is 0 Å². The third-order valence-electron chi connectivity index (χ3n) is 2.70. The van der Waals surface area contributed by atoms with Gasteiger partial charge in [0.05, 0.1) is 11.6 Å². The average molecular weight is 301 g/mol. The van der Waals surface area contributed by atoms with Crippen LogP contribution in [-0.2, 0) is 0 Å². The highest BCUT2D eigenvalue weighted by molar-refractivity contribution is 6.02. The van der Waals surface area contributed by atoms with E-state index in [0.29, 0.717) is 11.1 Å². The summed E-state index contributed by atoms with van der Waals surface area (Å²) in [5.41, 5.74) is 12.8. The van der Waals surface area contributed by atoms with Crippen LogP contribution in [0.4, 0.5) is 0 Å². The van der Waals surface area contributed by atoms with Crippen molar-refractivity contribution in [1.29, 1.82) is 5.26 Å². The van der Waals surface area contributed by atoms with Gasteiger partial charge in [0.25, 0.3) is 5.91 Å². The van der Waals surface area contributed by atoms with E-state index in [1.165, 1.54) is 0 Å². The molecule has 0 saturated carbocycles. The first kappa shape index (κ1) is 16.2. The molecule has 0 aliphatic rings. The minimum atomic E-state index is -0.513. The van der Waals surface area contributed by atoms with Gasteiger partial charge in [-0.15, -0.1) is 12.4 Å². The summed E-state index contributed by atoms with van der Waals surface area (Å²) in [4.78, 5) is 15.3. The highest BCUT2D eigenvalue weighted by Gasteiger charge is 2.08. The highest BCUT2D eigenvalue weighted by atomic mass is 35.5. The zero-order valence-corrected chi connectivity index (χ0v) is 11.8. The molecule has 0 aliphatic heterocycles. The predicted octanol–water partition coefficient (Wildman–Crippen LogP) is 2.06. The Kier molecular flexibility index (Phi) is 5.47. The van der Waals surface area contributed by atoms with Crippen molar-refractivity contribution in [3.05, 3.63) is 59.7 Å². The minimum Gasteiger partial charge on any atom is -0.370 e. The number of nitriles is 1. The maximum atomic E-state index is 11.8. The van der Waals surface area contributed by atoms with Gasteiger partial charge in [-0.25, -0.2) is 0 Å². The Balaban J connectivity index is 0.00000220. The van der Waals surface area contributed by atoms with Crippen molar-refractivity contribution in [2.75, 3.05) is 0 Å². The third-order valence-corrected chi connectivity index (χ3v) is 2.70. The zero-order chi connectivity index (χ0) is 14.5. The van der Waals surface area contributed by atoms with E-state index in [-0.39, 0.29) is 18.4 Å². The van der Waals surface area contributed by atoms with Gasteiger partial charge in [-0.2, -0.15) is 10.3 Å². The largest absolute Gasteiger partial charge is 0.370 e. The average Bonchev–Trinajstić information content (AvgIpc) is 2.46. The fraction of sp³-hybridized carbons (Fsp3) is 0. The van der Waals surface area contributed by atoms with E-state index in [1.807, 2.05) is 18.2 Å². The quantitative estimate of drug-likeness (QED) is 0.654. The number of amides is 1. The van der Waals surface area contributed by atoms with Crippen LogP contribution < -0.4 is 11.5 Å². The molecule has 0 heterocycles. The summed E-state index contributed by atoms with van der Waals surface area (Å²) in [6.07, 6.45) is 0. The number of hydrogen-bond donors (Lipinski definition) is 2. The van der Waals surface area contributed by atoms with E-state index in [2.05, 4.69) is 11.1 Å². The number of nitrogens with zero attached hydrogens (tertiary/aromatic N) is 2. The zero-order valence-electron chi connectivity index (χ0n) is 11.0. The molecule has 0 spiro atoms. The summed E-state index contributed by atoms with van der Waals surface area (Å²) in [5, 5.41) is 9.11. The smallest absolute Gasteiger partial charge is 0.280 e. The lowest BCUT2D eigenvalue weighted by atomic mass is 9.98. The lowest BCUT2D eigenvalue weighted by Gasteiger charge is -2.05. The van der Waals surface area contributed by atoms with Gasteiger partial charge >= 0.3 is 0 Å². The molecule has 5 nitrogen and oxygen atoms in total. The Morgan fingerprint density at radius 1 is 1.10 bits per heavy atom. The first-order valence-corrected chi connectivity index (χ1v) is 5.85. The Morgan fingerprint density at radius 2 is 1.81 bits per heavy atom. The number of benzene rings is 2. The van der Waals surface area contributed by atoms with Crippen LogP contribution in [0, 0.1) is 11.3 Å². The second-order valence-corrected chi connectivity index (χ2v) is 4.08. The van der Waals surface area contributed by atoms with Crippen LogP contribution in [0.25, 0.3) is 11.1 Å². The summed E-state index contributed by atoms with van der Waals surface area (Å²) in [6, 6.07) is 16.1. The van der Waals surface area contributed by atoms with E-state index in [9.17, 15) is 4.79 Å². The first-order valence-electron chi connectivity index (χ1n) is 5.85. The highest BCUT2D eigenvalue weighted by Crippen LogP contribution is 2.24. The SMILES string of the molecule is Cl.N#Cc1ccccc1-c1cccc(C(=O)N=C(N)N)c1. The maximum absolute atomic E-state index is 11.8. The second kappa shape index (κ2) is 7.08. The summed E-state index contributed by atoms with van der Waals surface area (Å²) < 4.78 is 0. The number of hydrogen-bond acceptors (Lipinski definition) is 2. The van der Waals surface area contributed by atoms with Crippen LogP contribution in [0.2, 0.25) is 0 Å². The fourth-order valence-electron chi connectivity index (χ4n) is 1.83.